The fraction of sp³-hybridized carbons (Fsp3) is 0.739. The lowest BCUT2D eigenvalue weighted by Gasteiger charge is -2.39. The summed E-state index contributed by atoms with van der Waals surface area (Å²) in [5.41, 5.74) is 0.870. The number of hydrogen-bond acceptors (Lipinski definition) is 8. The zero-order chi connectivity index (χ0) is 26.3. The van der Waals surface area contributed by atoms with E-state index in [1.807, 2.05) is 6.07 Å². The van der Waals surface area contributed by atoms with Crippen molar-refractivity contribution in [2.75, 3.05) is 26.4 Å². The second kappa shape index (κ2) is 12.6. The van der Waals surface area contributed by atoms with E-state index in [1.54, 1.807) is 45.9 Å². The van der Waals surface area contributed by atoms with Crippen molar-refractivity contribution in [3.8, 4) is 5.75 Å². The Bertz CT molecular complexity index is 819. The van der Waals surface area contributed by atoms with Crippen molar-refractivity contribution >= 4 is 23.5 Å². The van der Waals surface area contributed by atoms with Gasteiger partial charge in [-0.2, -0.15) is 0 Å². The Morgan fingerprint density at radius 3 is 1.62 bits per heavy atom. The maximum atomic E-state index is 14.0. The van der Waals surface area contributed by atoms with Gasteiger partial charge in [-0.05, 0) is 70.4 Å². The third kappa shape index (κ3) is 7.27. The van der Waals surface area contributed by atoms with Crippen LogP contribution in [0.25, 0.3) is 0 Å². The Kier molecular flexibility index (Phi) is 11.7. The average Bonchev–Trinajstić information content (AvgIpc) is 2.72. The Labute approximate surface area is 207 Å². The molecular weight excluding hydrogens is 494 g/mol. The topological polar surface area (TPSA) is 89.5 Å². The first kappa shape index (κ1) is 31.5. The fourth-order valence-electron chi connectivity index (χ4n) is 2.90. The van der Waals surface area contributed by atoms with Gasteiger partial charge in [0.15, 0.2) is 8.32 Å². The highest BCUT2D eigenvalue weighted by Gasteiger charge is 2.65. The van der Waals surface area contributed by atoms with Crippen molar-refractivity contribution in [2.45, 2.75) is 85.2 Å². The highest BCUT2D eigenvalue weighted by atomic mass is 31.2. The lowest BCUT2D eigenvalue weighted by molar-refractivity contribution is 0.107. The smallest absolute Gasteiger partial charge is 0.386 e. The van der Waals surface area contributed by atoms with E-state index in [0.717, 1.165) is 5.56 Å². The normalized spacial score (nSPS) is 13.8. The van der Waals surface area contributed by atoms with E-state index < -0.39 is 28.6 Å². The summed E-state index contributed by atoms with van der Waals surface area (Å²) in [5, 5.41) is -1.96. The van der Waals surface area contributed by atoms with Crippen LogP contribution in [0.3, 0.4) is 0 Å². The van der Waals surface area contributed by atoms with Crippen LogP contribution in [0.2, 0.25) is 18.1 Å². The maximum Gasteiger partial charge on any atom is 0.386 e. The van der Waals surface area contributed by atoms with Crippen LogP contribution in [0.1, 0.15) is 61.0 Å². The molecule has 0 aliphatic heterocycles. The molecular formula is C23H44O8P2Si. The van der Waals surface area contributed by atoms with Gasteiger partial charge in [-0.25, -0.2) is 0 Å². The van der Waals surface area contributed by atoms with E-state index in [4.69, 9.17) is 27.3 Å². The minimum absolute atomic E-state index is 0.0644. The molecule has 0 radical (unpaired) electrons. The number of rotatable bonds is 15. The molecule has 0 N–H and O–H groups in total. The van der Waals surface area contributed by atoms with Crippen LogP contribution in [0, 0.1) is 0 Å². The van der Waals surface area contributed by atoms with Crippen LogP contribution >= 0.6 is 15.2 Å². The third-order valence-corrected chi connectivity index (χ3v) is 16.4. The zero-order valence-electron chi connectivity index (χ0n) is 22.5. The third-order valence-electron chi connectivity index (χ3n) is 5.83. The number of hydrogen-bond donors (Lipinski definition) is 0. The Morgan fingerprint density at radius 1 is 0.794 bits per heavy atom. The lowest BCUT2D eigenvalue weighted by atomic mass is 10.2. The summed E-state index contributed by atoms with van der Waals surface area (Å²) in [7, 11) is -10.2. The molecule has 0 heterocycles. The fourth-order valence-corrected chi connectivity index (χ4v) is 8.65. The van der Waals surface area contributed by atoms with E-state index in [9.17, 15) is 9.13 Å². The van der Waals surface area contributed by atoms with E-state index in [-0.39, 0.29) is 31.5 Å². The van der Waals surface area contributed by atoms with Crippen molar-refractivity contribution in [2.24, 2.45) is 0 Å². The van der Waals surface area contributed by atoms with E-state index in [2.05, 4.69) is 33.9 Å². The van der Waals surface area contributed by atoms with Crippen LogP contribution < -0.4 is 4.74 Å². The molecule has 0 spiro atoms. The standard InChI is InChI=1S/C23H44O8P2Si/c1-11-26-32(24,27-12-2)23(8,33(25,28-13-3)29-14-4)31-21-17-15-16-20(18-21)19-30-34(9,10)22(5,6)7/h15-18H,11-14,19H2,1-10H3. The van der Waals surface area contributed by atoms with Crippen molar-refractivity contribution in [3.63, 3.8) is 0 Å². The molecule has 1 aromatic carbocycles. The van der Waals surface area contributed by atoms with Gasteiger partial charge < -0.3 is 27.3 Å². The molecule has 0 amide bonds. The average molecular weight is 539 g/mol. The quantitative estimate of drug-likeness (QED) is 0.165. The van der Waals surface area contributed by atoms with Crippen molar-refractivity contribution in [1.29, 1.82) is 0 Å². The molecule has 0 aliphatic carbocycles. The molecule has 11 heteroatoms. The molecule has 0 aromatic heterocycles. The van der Waals surface area contributed by atoms with Crippen molar-refractivity contribution < 1.29 is 36.4 Å². The lowest BCUT2D eigenvalue weighted by Crippen LogP contribution is -2.40. The van der Waals surface area contributed by atoms with Gasteiger partial charge in [-0.15, -0.1) is 0 Å². The largest absolute Gasteiger partial charge is 0.462 e. The SMILES string of the molecule is CCOP(=O)(OCC)C(C)(Oc1cccc(CO[Si](C)(C)C(C)(C)C)c1)P(=O)(OCC)OCC. The first-order chi connectivity index (χ1) is 15.6. The highest BCUT2D eigenvalue weighted by molar-refractivity contribution is 7.73. The zero-order valence-corrected chi connectivity index (χ0v) is 25.3. The van der Waals surface area contributed by atoms with Crippen LogP contribution in [0.15, 0.2) is 24.3 Å². The summed E-state index contributed by atoms with van der Waals surface area (Å²) < 4.78 is 62.7. The second-order valence-electron chi connectivity index (χ2n) is 9.40. The predicted molar refractivity (Wildman–Crippen MR) is 139 cm³/mol. The Balaban J connectivity index is 3.46. The van der Waals surface area contributed by atoms with Gasteiger partial charge in [0.05, 0.1) is 33.0 Å². The molecule has 0 fully saturated rings. The van der Waals surface area contributed by atoms with Gasteiger partial charge in [0.2, 0.25) is 0 Å². The van der Waals surface area contributed by atoms with Gasteiger partial charge in [0.25, 0.3) is 0 Å². The van der Waals surface area contributed by atoms with Gasteiger partial charge in [-0.1, -0.05) is 32.9 Å². The predicted octanol–water partition coefficient (Wildman–Crippen LogP) is 7.79. The maximum absolute atomic E-state index is 14.0. The van der Waals surface area contributed by atoms with Crippen LogP contribution in [0.4, 0.5) is 0 Å². The summed E-state index contributed by atoms with van der Waals surface area (Å²) in [5.74, 6) is 0.332. The van der Waals surface area contributed by atoms with Gasteiger partial charge >= 0.3 is 20.3 Å². The van der Waals surface area contributed by atoms with Gasteiger partial charge in [0.1, 0.15) is 5.75 Å². The molecule has 198 valence electrons. The van der Waals surface area contributed by atoms with Gasteiger partial charge in [0, 0.05) is 0 Å². The van der Waals surface area contributed by atoms with Crippen molar-refractivity contribution in [1.82, 2.24) is 0 Å². The molecule has 1 aromatic rings. The van der Waals surface area contributed by atoms with E-state index >= 15 is 0 Å². The molecule has 0 atom stereocenters. The first-order valence-electron chi connectivity index (χ1n) is 11.9. The highest BCUT2D eigenvalue weighted by Crippen LogP contribution is 2.77. The molecule has 0 unspecified atom stereocenters. The van der Waals surface area contributed by atoms with Crippen molar-refractivity contribution in [3.05, 3.63) is 29.8 Å². The summed E-state index contributed by atoms with van der Waals surface area (Å²) in [6.07, 6.45) is 0. The summed E-state index contributed by atoms with van der Waals surface area (Å²) in [4.78, 5) is 0. The molecule has 0 saturated carbocycles. The minimum atomic E-state index is -4.13. The molecule has 0 aliphatic rings. The van der Waals surface area contributed by atoms with Gasteiger partial charge in [-0.3, -0.25) is 9.13 Å². The monoisotopic (exact) mass is 538 g/mol. The van der Waals surface area contributed by atoms with E-state index in [1.165, 1.54) is 6.92 Å². The summed E-state index contributed by atoms with van der Waals surface area (Å²) in [6.45, 7) is 19.7. The number of ether oxygens (including phenoxy) is 1. The molecule has 8 nitrogen and oxygen atoms in total. The molecule has 1 rings (SSSR count). The number of benzene rings is 1. The first-order valence-corrected chi connectivity index (χ1v) is 17.8. The molecule has 0 bridgehead atoms. The molecule has 34 heavy (non-hydrogen) atoms. The summed E-state index contributed by atoms with van der Waals surface area (Å²) in [6, 6.07) is 7.19. The second-order valence-corrected chi connectivity index (χ2v) is 19.3. The molecule has 0 saturated heterocycles. The van der Waals surface area contributed by atoms with Crippen LogP contribution in [-0.2, 0) is 38.3 Å². The van der Waals surface area contributed by atoms with E-state index in [0.29, 0.717) is 12.4 Å². The Morgan fingerprint density at radius 2 is 1.24 bits per heavy atom. The minimum Gasteiger partial charge on any atom is -0.462 e. The van der Waals surface area contributed by atoms with Crippen LogP contribution in [0.5, 0.6) is 5.75 Å². The summed E-state index contributed by atoms with van der Waals surface area (Å²) >= 11 is 0. The Hall–Kier alpha value is -0.503. The van der Waals surface area contributed by atoms with Crippen LogP contribution in [-0.4, -0.2) is 39.8 Å².